The van der Waals surface area contributed by atoms with E-state index >= 15 is 0 Å². The van der Waals surface area contributed by atoms with Crippen LogP contribution in [-0.4, -0.2) is 10.9 Å². The Kier molecular flexibility index (Phi) is 2.16. The number of carbonyl (C=O) groups excluding carboxylic acids is 1. The minimum absolute atomic E-state index is 0.0746. The van der Waals surface area contributed by atoms with E-state index in [1.807, 2.05) is 12.1 Å². The molecule has 1 N–H and O–H groups in total. The summed E-state index contributed by atoms with van der Waals surface area (Å²) in [4.78, 5) is 16.9. The molecule has 4 nitrogen and oxygen atoms in total. The van der Waals surface area contributed by atoms with Crippen LogP contribution < -0.4 is 5.32 Å². The summed E-state index contributed by atoms with van der Waals surface area (Å²) in [7, 11) is 0. The maximum Gasteiger partial charge on any atom is 0.260 e. The van der Waals surface area contributed by atoms with E-state index < -0.39 is 0 Å². The van der Waals surface area contributed by atoms with Gasteiger partial charge in [0.15, 0.2) is 0 Å². The maximum atomic E-state index is 12.4. The van der Waals surface area contributed by atoms with Crippen LogP contribution in [0.1, 0.15) is 23.4 Å². The number of hydrogen-bond donors (Lipinski definition) is 1. The van der Waals surface area contributed by atoms with E-state index in [-0.39, 0.29) is 5.91 Å². The molecule has 4 heteroatoms. The molecule has 3 heterocycles. The molecule has 1 aromatic heterocycles. The highest BCUT2D eigenvalue weighted by Gasteiger charge is 2.43. The zero-order valence-corrected chi connectivity index (χ0v) is 11.9. The molecule has 1 saturated heterocycles. The van der Waals surface area contributed by atoms with Crippen LogP contribution in [0.2, 0.25) is 0 Å². The van der Waals surface area contributed by atoms with Gasteiger partial charge in [0.05, 0.1) is 17.0 Å². The van der Waals surface area contributed by atoms with Crippen molar-refractivity contribution in [1.29, 1.82) is 0 Å². The monoisotopic (exact) mass is 290 g/mol. The second-order valence-corrected chi connectivity index (χ2v) is 6.11. The second kappa shape index (κ2) is 3.97. The quantitative estimate of drug-likeness (QED) is 0.809. The second-order valence-electron chi connectivity index (χ2n) is 6.11. The minimum Gasteiger partial charge on any atom is -0.486 e. The number of hydrogen-bond acceptors (Lipinski definition) is 3. The van der Waals surface area contributed by atoms with E-state index in [0.29, 0.717) is 29.8 Å². The van der Waals surface area contributed by atoms with Crippen LogP contribution in [0.4, 0.5) is 0 Å². The molecular weight excluding hydrogens is 276 g/mol. The lowest BCUT2D eigenvalue weighted by Gasteiger charge is -2.08. The Morgan fingerprint density at radius 2 is 2.18 bits per heavy atom. The normalized spacial score (nSPS) is 30.5. The third kappa shape index (κ3) is 1.52. The van der Waals surface area contributed by atoms with Gasteiger partial charge in [-0.1, -0.05) is 18.7 Å². The lowest BCUT2D eigenvalue weighted by molar-refractivity contribution is -0.115. The lowest BCUT2D eigenvalue weighted by atomic mass is 9.97. The van der Waals surface area contributed by atoms with E-state index in [9.17, 15) is 4.79 Å². The first-order valence-corrected chi connectivity index (χ1v) is 7.50. The number of rotatable bonds is 1. The zero-order chi connectivity index (χ0) is 14.8. The van der Waals surface area contributed by atoms with E-state index in [1.54, 1.807) is 6.08 Å². The Morgan fingerprint density at radius 1 is 1.32 bits per heavy atom. The van der Waals surface area contributed by atoms with Crippen molar-refractivity contribution in [3.63, 3.8) is 0 Å². The number of carbonyl (C=O) groups is 1. The fourth-order valence-corrected chi connectivity index (χ4v) is 3.46. The highest BCUT2D eigenvalue weighted by atomic mass is 16.5. The van der Waals surface area contributed by atoms with Crippen LogP contribution >= 0.6 is 0 Å². The molecule has 2 unspecified atom stereocenters. The van der Waals surface area contributed by atoms with Crippen LogP contribution in [-0.2, 0) is 16.1 Å². The van der Waals surface area contributed by atoms with Gasteiger partial charge in [-0.3, -0.25) is 4.79 Å². The van der Waals surface area contributed by atoms with Crippen molar-refractivity contribution in [3.8, 4) is 0 Å². The highest BCUT2D eigenvalue weighted by Crippen LogP contribution is 2.50. The van der Waals surface area contributed by atoms with E-state index in [2.05, 4.69) is 29.0 Å². The van der Waals surface area contributed by atoms with E-state index in [1.165, 1.54) is 6.42 Å². The topological polar surface area (TPSA) is 51.2 Å². The molecule has 22 heavy (non-hydrogen) atoms. The van der Waals surface area contributed by atoms with Gasteiger partial charge in [-0.15, -0.1) is 0 Å². The molecule has 5 rings (SSSR count). The average molecular weight is 290 g/mol. The average Bonchev–Trinajstić information content (AvgIpc) is 3.04. The van der Waals surface area contributed by atoms with Crippen LogP contribution in [0.25, 0.3) is 11.8 Å². The maximum absolute atomic E-state index is 12.4. The van der Waals surface area contributed by atoms with Gasteiger partial charge in [0.2, 0.25) is 0 Å². The number of nitrogens with one attached hydrogen (secondary N) is 1. The minimum atomic E-state index is -0.0746. The Balaban J connectivity index is 1.68. The van der Waals surface area contributed by atoms with E-state index in [4.69, 9.17) is 4.74 Å². The van der Waals surface area contributed by atoms with Gasteiger partial charge in [0, 0.05) is 16.8 Å². The van der Waals surface area contributed by atoms with Gasteiger partial charge in [-0.2, -0.15) is 0 Å². The highest BCUT2D eigenvalue weighted by molar-refractivity contribution is 6.11. The summed E-state index contributed by atoms with van der Waals surface area (Å²) in [5, 5.41) is 2.97. The molecule has 2 aliphatic heterocycles. The van der Waals surface area contributed by atoms with Crippen molar-refractivity contribution in [2.75, 3.05) is 0 Å². The van der Waals surface area contributed by atoms with Gasteiger partial charge in [0.25, 0.3) is 5.91 Å². The fraction of sp³-hybridized carbons (Fsp3) is 0.222. The smallest absolute Gasteiger partial charge is 0.260 e. The molecule has 2 fully saturated rings. The van der Waals surface area contributed by atoms with Crippen LogP contribution in [0.3, 0.4) is 0 Å². The summed E-state index contributed by atoms with van der Waals surface area (Å²) in [6.45, 7) is 4.14. The molecule has 0 radical (unpaired) electrons. The largest absolute Gasteiger partial charge is 0.486 e. The molecule has 0 bridgehead atoms. The van der Waals surface area contributed by atoms with Crippen LogP contribution in [0.15, 0.2) is 47.7 Å². The van der Waals surface area contributed by atoms with Crippen LogP contribution in [0, 0.1) is 11.8 Å². The summed E-state index contributed by atoms with van der Waals surface area (Å²) < 4.78 is 5.83. The number of allylic oxidation sites excluding steroid dienone is 3. The first-order valence-electron chi connectivity index (χ1n) is 7.50. The van der Waals surface area contributed by atoms with Crippen molar-refractivity contribution in [3.05, 3.63) is 64.7 Å². The Hall–Kier alpha value is -2.62. The summed E-state index contributed by atoms with van der Waals surface area (Å²) in [6, 6.07) is 3.86. The lowest BCUT2D eigenvalue weighted by Crippen LogP contribution is -2.14. The molecule has 0 spiro atoms. The summed E-state index contributed by atoms with van der Waals surface area (Å²) in [5.74, 6) is 1.78. The Bertz CT molecular complexity index is 845. The van der Waals surface area contributed by atoms with E-state index in [0.717, 1.165) is 28.2 Å². The molecule has 4 aliphatic rings. The number of nitrogens with zero attached hydrogens (tertiary/aromatic N) is 1. The molecule has 1 aromatic rings. The van der Waals surface area contributed by atoms with Crippen molar-refractivity contribution in [1.82, 2.24) is 10.3 Å². The first kappa shape index (κ1) is 12.0. The first-order chi connectivity index (χ1) is 10.7. The number of pyridine rings is 1. The summed E-state index contributed by atoms with van der Waals surface area (Å²) in [6.07, 6.45) is 7.30. The summed E-state index contributed by atoms with van der Waals surface area (Å²) >= 11 is 0. The van der Waals surface area contributed by atoms with Crippen LogP contribution in [0.5, 0.6) is 0 Å². The molecule has 1 saturated carbocycles. The van der Waals surface area contributed by atoms with Gasteiger partial charge >= 0.3 is 0 Å². The van der Waals surface area contributed by atoms with Crippen molar-refractivity contribution in [2.24, 2.45) is 11.8 Å². The molecule has 108 valence electrons. The predicted molar refractivity (Wildman–Crippen MR) is 81.9 cm³/mol. The zero-order valence-electron chi connectivity index (χ0n) is 11.9. The predicted octanol–water partition coefficient (Wildman–Crippen LogP) is 2.56. The van der Waals surface area contributed by atoms with Gasteiger partial charge in [-0.25, -0.2) is 4.98 Å². The van der Waals surface area contributed by atoms with Gasteiger partial charge < -0.3 is 10.1 Å². The Morgan fingerprint density at radius 3 is 3.05 bits per heavy atom. The van der Waals surface area contributed by atoms with Crippen molar-refractivity contribution < 1.29 is 9.53 Å². The Labute approximate surface area is 127 Å². The molecule has 2 aliphatic carbocycles. The van der Waals surface area contributed by atoms with Gasteiger partial charge in [-0.05, 0) is 36.5 Å². The standard InChI is InChI=1S/C18H14N2O2/c1-2-11-3-4-12-15(19-11)8-22-17(12)16-13-6-9-5-10(9)7-14(13)20-18(16)21/h2-4,6-7,9-10H,1,5,8H2,(H,20,21)/b17-16+. The number of amides is 1. The molecular formula is C18H14N2O2. The SMILES string of the molecule is C=Cc1ccc2c(n1)CO/C2=C1/C(=O)NC2=CC3CC3C=C21. The fourth-order valence-electron chi connectivity index (χ4n) is 3.46. The number of aromatic nitrogens is 1. The summed E-state index contributed by atoms with van der Waals surface area (Å²) in [5.41, 5.74) is 5.20. The molecule has 2 atom stereocenters. The van der Waals surface area contributed by atoms with Crippen molar-refractivity contribution >= 4 is 17.7 Å². The van der Waals surface area contributed by atoms with Crippen molar-refractivity contribution in [2.45, 2.75) is 13.0 Å². The number of ether oxygens (including phenoxy) is 1. The van der Waals surface area contributed by atoms with Gasteiger partial charge in [0.1, 0.15) is 12.4 Å². The third-order valence-electron chi connectivity index (χ3n) is 4.72. The molecule has 0 aromatic carbocycles. The third-order valence-corrected chi connectivity index (χ3v) is 4.72. The molecule has 1 amide bonds. The number of fused-ring (bicyclic) bond motifs is 3.